The summed E-state index contributed by atoms with van der Waals surface area (Å²) in [4.78, 5) is 12.1. The molecule has 1 amide bonds. The molecule has 1 fully saturated rings. The Hall–Kier alpha value is -0.570. The highest BCUT2D eigenvalue weighted by molar-refractivity contribution is 5.82. The van der Waals surface area contributed by atoms with Crippen LogP contribution >= 0.6 is 0 Å². The molecule has 2 atom stereocenters. The SMILES string of the molecule is CC(C)C(C)NC(=O)C1(C)CCCNC1. The van der Waals surface area contributed by atoms with Crippen molar-refractivity contribution < 1.29 is 4.79 Å². The topological polar surface area (TPSA) is 41.1 Å². The van der Waals surface area contributed by atoms with Crippen LogP contribution in [0.3, 0.4) is 0 Å². The van der Waals surface area contributed by atoms with Crippen LogP contribution in [0.25, 0.3) is 0 Å². The number of hydrogen-bond acceptors (Lipinski definition) is 2. The maximum absolute atomic E-state index is 12.1. The van der Waals surface area contributed by atoms with Crippen LogP contribution in [0.2, 0.25) is 0 Å². The van der Waals surface area contributed by atoms with E-state index in [9.17, 15) is 4.79 Å². The zero-order valence-electron chi connectivity index (χ0n) is 10.4. The first-order valence-corrected chi connectivity index (χ1v) is 5.97. The van der Waals surface area contributed by atoms with Gasteiger partial charge in [0.05, 0.1) is 5.41 Å². The third-order valence-corrected chi connectivity index (χ3v) is 3.50. The molecule has 0 spiro atoms. The number of amides is 1. The molecule has 0 saturated carbocycles. The lowest BCUT2D eigenvalue weighted by Gasteiger charge is -2.34. The Kier molecular flexibility index (Phi) is 4.14. The van der Waals surface area contributed by atoms with E-state index in [1.807, 2.05) is 0 Å². The van der Waals surface area contributed by atoms with Crippen LogP contribution in [0, 0.1) is 11.3 Å². The lowest BCUT2D eigenvalue weighted by atomic mass is 9.81. The molecule has 1 rings (SSSR count). The largest absolute Gasteiger partial charge is 0.353 e. The van der Waals surface area contributed by atoms with Gasteiger partial charge in [0, 0.05) is 12.6 Å². The van der Waals surface area contributed by atoms with Gasteiger partial charge in [0.1, 0.15) is 0 Å². The summed E-state index contributed by atoms with van der Waals surface area (Å²) in [6.45, 7) is 10.2. The molecule has 1 saturated heterocycles. The number of nitrogens with one attached hydrogen (secondary N) is 2. The maximum atomic E-state index is 12.1. The second kappa shape index (κ2) is 4.97. The zero-order chi connectivity index (χ0) is 11.5. The Morgan fingerprint density at radius 2 is 2.07 bits per heavy atom. The lowest BCUT2D eigenvalue weighted by Crippen LogP contribution is -2.51. The molecule has 0 aliphatic carbocycles. The number of carbonyl (C=O) groups excluding carboxylic acids is 1. The molecule has 1 heterocycles. The van der Waals surface area contributed by atoms with Gasteiger partial charge >= 0.3 is 0 Å². The lowest BCUT2D eigenvalue weighted by molar-refractivity contribution is -0.132. The summed E-state index contributed by atoms with van der Waals surface area (Å²) in [5, 5.41) is 6.41. The minimum absolute atomic E-state index is 0.205. The number of carbonyl (C=O) groups is 1. The van der Waals surface area contributed by atoms with Crippen molar-refractivity contribution in [2.45, 2.75) is 46.6 Å². The summed E-state index contributed by atoms with van der Waals surface area (Å²) >= 11 is 0. The number of rotatable bonds is 3. The average molecular weight is 212 g/mol. The molecule has 0 aromatic rings. The van der Waals surface area contributed by atoms with Gasteiger partial charge in [-0.05, 0) is 39.2 Å². The van der Waals surface area contributed by atoms with E-state index in [2.05, 4.69) is 38.3 Å². The standard InChI is InChI=1S/C12H24N2O/c1-9(2)10(3)14-11(15)12(4)6-5-7-13-8-12/h9-10,13H,5-8H2,1-4H3,(H,14,15). The normalized spacial score (nSPS) is 28.9. The maximum Gasteiger partial charge on any atom is 0.227 e. The molecule has 2 unspecified atom stereocenters. The molecular weight excluding hydrogens is 188 g/mol. The van der Waals surface area contributed by atoms with E-state index in [4.69, 9.17) is 0 Å². The molecular formula is C12H24N2O. The Balaban J connectivity index is 2.51. The highest BCUT2D eigenvalue weighted by Crippen LogP contribution is 2.25. The zero-order valence-corrected chi connectivity index (χ0v) is 10.4. The highest BCUT2D eigenvalue weighted by atomic mass is 16.2. The van der Waals surface area contributed by atoms with Crippen LogP contribution in [0.5, 0.6) is 0 Å². The molecule has 3 heteroatoms. The number of hydrogen-bond donors (Lipinski definition) is 2. The molecule has 0 aromatic carbocycles. The second-order valence-electron chi connectivity index (χ2n) is 5.35. The molecule has 0 bridgehead atoms. The van der Waals surface area contributed by atoms with Gasteiger partial charge < -0.3 is 10.6 Å². The molecule has 1 aliphatic heterocycles. The summed E-state index contributed by atoms with van der Waals surface area (Å²) in [5.74, 6) is 0.699. The fourth-order valence-corrected chi connectivity index (χ4v) is 1.80. The quantitative estimate of drug-likeness (QED) is 0.745. The van der Waals surface area contributed by atoms with Gasteiger partial charge in [0.2, 0.25) is 5.91 Å². The van der Waals surface area contributed by atoms with Crippen molar-refractivity contribution >= 4 is 5.91 Å². The van der Waals surface area contributed by atoms with E-state index < -0.39 is 0 Å². The predicted octanol–water partition coefficient (Wildman–Crippen LogP) is 1.54. The van der Waals surface area contributed by atoms with E-state index in [1.54, 1.807) is 0 Å². The Morgan fingerprint density at radius 3 is 2.53 bits per heavy atom. The minimum atomic E-state index is -0.207. The molecule has 0 radical (unpaired) electrons. The van der Waals surface area contributed by atoms with E-state index >= 15 is 0 Å². The minimum Gasteiger partial charge on any atom is -0.353 e. The van der Waals surface area contributed by atoms with Gasteiger partial charge in [-0.25, -0.2) is 0 Å². The summed E-state index contributed by atoms with van der Waals surface area (Å²) in [7, 11) is 0. The average Bonchev–Trinajstić information content (AvgIpc) is 2.18. The van der Waals surface area contributed by atoms with Crippen molar-refractivity contribution in [3.63, 3.8) is 0 Å². The first kappa shape index (κ1) is 12.5. The fourth-order valence-electron chi connectivity index (χ4n) is 1.80. The third kappa shape index (κ3) is 3.20. The first-order chi connectivity index (χ1) is 6.96. The monoisotopic (exact) mass is 212 g/mol. The summed E-state index contributed by atoms with van der Waals surface area (Å²) in [6, 6.07) is 0.260. The van der Waals surface area contributed by atoms with Crippen molar-refractivity contribution in [3.8, 4) is 0 Å². The molecule has 2 N–H and O–H groups in total. The van der Waals surface area contributed by atoms with Crippen molar-refractivity contribution in [2.24, 2.45) is 11.3 Å². The van der Waals surface area contributed by atoms with Gasteiger partial charge in [0.15, 0.2) is 0 Å². The highest BCUT2D eigenvalue weighted by Gasteiger charge is 2.35. The van der Waals surface area contributed by atoms with Gasteiger partial charge in [-0.2, -0.15) is 0 Å². The van der Waals surface area contributed by atoms with Gasteiger partial charge in [-0.1, -0.05) is 13.8 Å². The van der Waals surface area contributed by atoms with E-state index in [-0.39, 0.29) is 17.4 Å². The van der Waals surface area contributed by atoms with E-state index in [0.29, 0.717) is 5.92 Å². The van der Waals surface area contributed by atoms with Crippen LogP contribution in [-0.2, 0) is 4.79 Å². The van der Waals surface area contributed by atoms with E-state index in [0.717, 1.165) is 25.9 Å². The van der Waals surface area contributed by atoms with Crippen LogP contribution < -0.4 is 10.6 Å². The van der Waals surface area contributed by atoms with Crippen LogP contribution in [0.4, 0.5) is 0 Å². The molecule has 88 valence electrons. The second-order valence-corrected chi connectivity index (χ2v) is 5.35. The van der Waals surface area contributed by atoms with Crippen molar-refractivity contribution in [3.05, 3.63) is 0 Å². The number of piperidine rings is 1. The molecule has 0 aromatic heterocycles. The first-order valence-electron chi connectivity index (χ1n) is 5.97. The van der Waals surface area contributed by atoms with Crippen molar-refractivity contribution in [1.29, 1.82) is 0 Å². The molecule has 3 nitrogen and oxygen atoms in total. The van der Waals surface area contributed by atoms with Crippen LogP contribution in [-0.4, -0.2) is 25.0 Å². The van der Waals surface area contributed by atoms with Crippen molar-refractivity contribution in [2.75, 3.05) is 13.1 Å². The summed E-state index contributed by atoms with van der Waals surface area (Å²) in [6.07, 6.45) is 2.09. The summed E-state index contributed by atoms with van der Waals surface area (Å²) < 4.78 is 0. The predicted molar refractivity (Wildman–Crippen MR) is 62.7 cm³/mol. The summed E-state index contributed by atoms with van der Waals surface area (Å²) in [5.41, 5.74) is -0.207. The van der Waals surface area contributed by atoms with Gasteiger partial charge in [0.25, 0.3) is 0 Å². The third-order valence-electron chi connectivity index (χ3n) is 3.50. The Bertz CT molecular complexity index is 220. The Morgan fingerprint density at radius 1 is 1.40 bits per heavy atom. The Labute approximate surface area is 93.0 Å². The van der Waals surface area contributed by atoms with Crippen LogP contribution in [0.15, 0.2) is 0 Å². The molecule has 15 heavy (non-hydrogen) atoms. The van der Waals surface area contributed by atoms with Crippen LogP contribution in [0.1, 0.15) is 40.5 Å². The molecule has 1 aliphatic rings. The van der Waals surface area contributed by atoms with Gasteiger partial charge in [-0.3, -0.25) is 4.79 Å². The van der Waals surface area contributed by atoms with E-state index in [1.165, 1.54) is 0 Å². The fraction of sp³-hybridized carbons (Fsp3) is 0.917. The van der Waals surface area contributed by atoms with Gasteiger partial charge in [-0.15, -0.1) is 0 Å². The smallest absolute Gasteiger partial charge is 0.227 e. The van der Waals surface area contributed by atoms with Crippen molar-refractivity contribution in [1.82, 2.24) is 10.6 Å².